The third-order valence-electron chi connectivity index (χ3n) is 10.6. The summed E-state index contributed by atoms with van der Waals surface area (Å²) < 4.78 is 2.56. The summed E-state index contributed by atoms with van der Waals surface area (Å²) in [4.78, 5) is 0. The van der Waals surface area contributed by atoms with Crippen LogP contribution in [0.15, 0.2) is 140 Å². The number of nitrogens with one attached hydrogen (secondary N) is 1. The lowest BCUT2D eigenvalue weighted by Gasteiger charge is -2.37. The van der Waals surface area contributed by atoms with Crippen LogP contribution < -0.4 is 16.2 Å². The molecule has 2 aliphatic rings. The zero-order valence-corrected chi connectivity index (χ0v) is 25.9. The van der Waals surface area contributed by atoms with Gasteiger partial charge >= 0.3 is 0 Å². The Morgan fingerprint density at radius 3 is 2.20 bits per heavy atom. The van der Waals surface area contributed by atoms with Crippen LogP contribution in [0.4, 0.5) is 11.4 Å². The molecule has 1 N–H and O–H groups in total. The van der Waals surface area contributed by atoms with Crippen molar-refractivity contribution in [3.63, 3.8) is 0 Å². The molecule has 3 heteroatoms. The van der Waals surface area contributed by atoms with Crippen molar-refractivity contribution < 1.29 is 0 Å². The molecule has 0 radical (unpaired) electrons. The number of nitrogens with zero attached hydrogens (tertiary/aromatic N) is 1. The molecule has 0 atom stereocenters. The Balaban J connectivity index is 1.38. The lowest BCUT2D eigenvalue weighted by molar-refractivity contribution is 0.638. The highest BCUT2D eigenvalue weighted by Gasteiger charge is 2.35. The first-order valence-corrected chi connectivity index (χ1v) is 16.2. The molecule has 0 saturated carbocycles. The topological polar surface area (TPSA) is 17.0 Å². The summed E-state index contributed by atoms with van der Waals surface area (Å²) in [5, 5.41) is 9.10. The van der Waals surface area contributed by atoms with Gasteiger partial charge in [0.1, 0.15) is 0 Å². The predicted molar refractivity (Wildman–Crippen MR) is 197 cm³/mol. The Kier molecular flexibility index (Phi) is 5.18. The average molecular weight is 587 g/mol. The molecule has 0 amide bonds. The summed E-state index contributed by atoms with van der Waals surface area (Å²) in [7, 11) is 0.885. The molecule has 7 aromatic carbocycles. The van der Waals surface area contributed by atoms with Gasteiger partial charge in [-0.1, -0.05) is 129 Å². The Labute approximate surface area is 269 Å². The summed E-state index contributed by atoms with van der Waals surface area (Å²) in [6.45, 7) is 4.72. The number of para-hydroxylation sites is 3. The van der Waals surface area contributed by atoms with Crippen molar-refractivity contribution in [1.82, 2.24) is 4.57 Å². The summed E-state index contributed by atoms with van der Waals surface area (Å²) in [5.41, 5.74) is 16.7. The van der Waals surface area contributed by atoms with Crippen LogP contribution in [0.5, 0.6) is 0 Å². The Hall–Kier alpha value is -5.54. The number of hydrogen-bond donors (Lipinski definition) is 1. The van der Waals surface area contributed by atoms with Crippen molar-refractivity contribution >= 4 is 62.2 Å². The smallest absolute Gasteiger partial charge is 0.198 e. The van der Waals surface area contributed by atoms with Gasteiger partial charge in [0.15, 0.2) is 7.28 Å². The maximum Gasteiger partial charge on any atom is 0.198 e. The fraction of sp³-hybridized carbons (Fsp3) is 0.0698. The first kappa shape index (κ1) is 25.8. The maximum absolute atomic E-state index is 3.92. The summed E-state index contributed by atoms with van der Waals surface area (Å²) in [6, 6.07) is 51.7. The van der Waals surface area contributed by atoms with Crippen molar-refractivity contribution in [2.75, 3.05) is 5.32 Å². The molecule has 216 valence electrons. The predicted octanol–water partition coefficient (Wildman–Crippen LogP) is 9.35. The Morgan fingerprint density at radius 1 is 0.609 bits per heavy atom. The van der Waals surface area contributed by atoms with Crippen molar-refractivity contribution in [2.24, 2.45) is 0 Å². The summed E-state index contributed by atoms with van der Waals surface area (Å²) in [6.07, 6.45) is 0. The largest absolute Gasteiger partial charge is 0.355 e. The minimum atomic E-state index is -0.127. The van der Waals surface area contributed by atoms with Crippen molar-refractivity contribution in [1.29, 1.82) is 0 Å². The molecule has 8 aromatic rings. The highest BCUT2D eigenvalue weighted by molar-refractivity contribution is 6.73. The van der Waals surface area contributed by atoms with E-state index in [2.05, 4.69) is 163 Å². The molecule has 2 aliphatic heterocycles. The average Bonchev–Trinajstić information content (AvgIpc) is 3.43. The summed E-state index contributed by atoms with van der Waals surface area (Å²) >= 11 is 0. The van der Waals surface area contributed by atoms with Crippen LogP contribution in [0, 0.1) is 0 Å². The molecule has 0 aliphatic carbocycles. The lowest BCUT2D eigenvalue weighted by atomic mass is 9.58. The second-order valence-electron chi connectivity index (χ2n) is 13.4. The first-order valence-electron chi connectivity index (χ1n) is 16.2. The Morgan fingerprint density at radius 2 is 1.33 bits per heavy atom. The van der Waals surface area contributed by atoms with Gasteiger partial charge in [-0.25, -0.2) is 0 Å². The summed E-state index contributed by atoms with van der Waals surface area (Å²) in [5.74, 6) is 0. The van der Waals surface area contributed by atoms with Crippen LogP contribution in [-0.4, -0.2) is 11.8 Å². The monoisotopic (exact) mass is 586 g/mol. The Bertz CT molecular complexity index is 2560. The standard InChI is InChI=1S/C43H31BN2/c1-43(2)33-18-8-10-21-36(33)45-41-29(17-12-19-34(41)43)31-25-30(26-13-4-3-5-14-26)39-32-23-27-15-6-7-16-28(27)24-38(32)46-37-22-11-9-20-35(37)44-40(31)42(39)46/h3-25,44-45H,1-2H3. The third-order valence-corrected chi connectivity index (χ3v) is 10.6. The van der Waals surface area contributed by atoms with E-state index in [0.717, 1.165) is 7.28 Å². The molecular formula is C43H31BN2. The fourth-order valence-corrected chi connectivity index (χ4v) is 8.40. The van der Waals surface area contributed by atoms with Gasteiger partial charge in [-0.2, -0.15) is 0 Å². The van der Waals surface area contributed by atoms with Crippen molar-refractivity contribution in [2.45, 2.75) is 19.3 Å². The van der Waals surface area contributed by atoms with Crippen LogP contribution >= 0.6 is 0 Å². The van der Waals surface area contributed by atoms with E-state index < -0.39 is 0 Å². The molecular weight excluding hydrogens is 555 g/mol. The van der Waals surface area contributed by atoms with Gasteiger partial charge in [0.25, 0.3) is 0 Å². The highest BCUT2D eigenvalue weighted by atomic mass is 15.0. The number of anilines is 2. The van der Waals surface area contributed by atoms with E-state index in [4.69, 9.17) is 0 Å². The molecule has 0 fully saturated rings. The number of hydrogen-bond acceptors (Lipinski definition) is 1. The van der Waals surface area contributed by atoms with E-state index in [-0.39, 0.29) is 5.41 Å². The molecule has 1 aromatic heterocycles. The number of benzene rings is 7. The molecule has 2 nitrogen and oxygen atoms in total. The fourth-order valence-electron chi connectivity index (χ4n) is 8.40. The van der Waals surface area contributed by atoms with E-state index >= 15 is 0 Å². The molecule has 0 unspecified atom stereocenters. The van der Waals surface area contributed by atoms with Gasteiger partial charge in [0, 0.05) is 38.6 Å². The van der Waals surface area contributed by atoms with Gasteiger partial charge in [0.05, 0.1) is 11.2 Å². The number of fused-ring (bicyclic) bond motifs is 8. The van der Waals surface area contributed by atoms with Crippen molar-refractivity contribution in [3.05, 3.63) is 151 Å². The lowest BCUT2D eigenvalue weighted by Crippen LogP contribution is -2.37. The quantitative estimate of drug-likeness (QED) is 0.200. The van der Waals surface area contributed by atoms with Crippen LogP contribution in [0.2, 0.25) is 0 Å². The van der Waals surface area contributed by atoms with E-state index in [1.54, 1.807) is 0 Å². The van der Waals surface area contributed by atoms with Crippen molar-refractivity contribution in [3.8, 4) is 27.9 Å². The maximum atomic E-state index is 3.92. The molecule has 10 rings (SSSR count). The molecule has 46 heavy (non-hydrogen) atoms. The van der Waals surface area contributed by atoms with Gasteiger partial charge in [-0.15, -0.1) is 0 Å². The van der Waals surface area contributed by atoms with E-state index in [1.165, 1.54) is 93.9 Å². The van der Waals surface area contributed by atoms with Gasteiger partial charge in [0.2, 0.25) is 0 Å². The molecule has 0 saturated heterocycles. The van der Waals surface area contributed by atoms with E-state index in [0.29, 0.717) is 0 Å². The number of rotatable bonds is 2. The van der Waals surface area contributed by atoms with Crippen LogP contribution in [0.3, 0.4) is 0 Å². The van der Waals surface area contributed by atoms with Crippen LogP contribution in [0.25, 0.3) is 60.5 Å². The van der Waals surface area contributed by atoms with E-state index in [1.807, 2.05) is 0 Å². The minimum Gasteiger partial charge on any atom is -0.355 e. The molecule has 0 spiro atoms. The highest BCUT2D eigenvalue weighted by Crippen LogP contribution is 2.50. The minimum absolute atomic E-state index is 0.127. The second-order valence-corrected chi connectivity index (χ2v) is 13.4. The van der Waals surface area contributed by atoms with Gasteiger partial charge < -0.3 is 9.88 Å². The zero-order valence-electron chi connectivity index (χ0n) is 25.9. The third kappa shape index (κ3) is 3.43. The van der Waals surface area contributed by atoms with E-state index in [9.17, 15) is 0 Å². The molecule has 3 heterocycles. The molecule has 0 bridgehead atoms. The normalized spacial score (nSPS) is 14.0. The number of aromatic nitrogens is 1. The first-order chi connectivity index (χ1) is 22.6. The second kappa shape index (κ2) is 9.25. The van der Waals surface area contributed by atoms with Crippen LogP contribution in [-0.2, 0) is 5.41 Å². The van der Waals surface area contributed by atoms with Gasteiger partial charge in [-0.3, -0.25) is 0 Å². The van der Waals surface area contributed by atoms with Crippen LogP contribution in [0.1, 0.15) is 25.0 Å². The zero-order chi connectivity index (χ0) is 30.6. The van der Waals surface area contributed by atoms with Gasteiger partial charge in [-0.05, 0) is 74.4 Å². The SMILES string of the molecule is CC1(C)c2ccccc2Nc2c(-c3cc(-c4ccccc4)c4c5cc6ccccc6cc5n5c4c3Bc3ccccc3-5)cccc21.